The van der Waals surface area contributed by atoms with Crippen LogP contribution < -0.4 is 5.32 Å². The van der Waals surface area contributed by atoms with Crippen LogP contribution in [0, 0.1) is 0 Å². The number of carbonyl (C=O) groups excluding carboxylic acids is 1. The Morgan fingerprint density at radius 2 is 1.32 bits per heavy atom. The average molecular weight is 327 g/mol. The van der Waals surface area contributed by atoms with Crippen molar-refractivity contribution in [1.29, 1.82) is 0 Å². The van der Waals surface area contributed by atoms with Crippen molar-refractivity contribution in [3.8, 4) is 11.1 Å². The molecule has 1 amide bonds. The summed E-state index contributed by atoms with van der Waals surface area (Å²) in [4.78, 5) is 13.4. The Morgan fingerprint density at radius 3 is 1.88 bits per heavy atom. The molecule has 0 saturated carbocycles. The van der Waals surface area contributed by atoms with Gasteiger partial charge in [0, 0.05) is 6.54 Å². The standard InChI is InChI=1S/C23H21NO/c1-2-24-22(25)23(16-17-10-4-3-5-11-17)20-14-8-6-12-18(20)19-13-7-9-15-21(19)23/h3-15H,2,16H2,1H3,(H,24,25). The molecule has 0 saturated heterocycles. The molecule has 0 aromatic heterocycles. The highest BCUT2D eigenvalue weighted by Crippen LogP contribution is 2.50. The highest BCUT2D eigenvalue weighted by molar-refractivity contribution is 6.00. The van der Waals surface area contributed by atoms with Gasteiger partial charge in [0.1, 0.15) is 5.41 Å². The van der Waals surface area contributed by atoms with Crippen molar-refractivity contribution in [3.05, 3.63) is 95.6 Å². The SMILES string of the molecule is CCNC(=O)C1(Cc2ccccc2)c2ccccc2-c2ccccc21. The number of amides is 1. The van der Waals surface area contributed by atoms with E-state index in [0.29, 0.717) is 13.0 Å². The zero-order chi connectivity index (χ0) is 17.3. The summed E-state index contributed by atoms with van der Waals surface area (Å²) >= 11 is 0. The van der Waals surface area contributed by atoms with E-state index >= 15 is 0 Å². The predicted octanol–water partition coefficient (Wildman–Crippen LogP) is 4.33. The fourth-order valence-electron chi connectivity index (χ4n) is 4.05. The molecule has 2 heteroatoms. The van der Waals surface area contributed by atoms with Gasteiger partial charge in [-0.2, -0.15) is 0 Å². The summed E-state index contributed by atoms with van der Waals surface area (Å²) in [6.07, 6.45) is 0.660. The van der Waals surface area contributed by atoms with Gasteiger partial charge >= 0.3 is 0 Å². The Kier molecular flexibility index (Phi) is 3.89. The minimum absolute atomic E-state index is 0.0799. The molecular formula is C23H21NO. The molecule has 0 unspecified atom stereocenters. The minimum Gasteiger partial charge on any atom is -0.355 e. The summed E-state index contributed by atoms with van der Waals surface area (Å²) in [6.45, 7) is 2.60. The molecule has 0 spiro atoms. The molecule has 1 aliphatic rings. The zero-order valence-corrected chi connectivity index (χ0v) is 14.3. The summed E-state index contributed by atoms with van der Waals surface area (Å²) < 4.78 is 0. The molecule has 0 heterocycles. The quantitative estimate of drug-likeness (QED) is 0.759. The van der Waals surface area contributed by atoms with Gasteiger partial charge in [0.2, 0.25) is 5.91 Å². The van der Waals surface area contributed by atoms with Crippen LogP contribution in [0.3, 0.4) is 0 Å². The molecule has 3 aromatic carbocycles. The maximum Gasteiger partial charge on any atom is 0.235 e. The highest BCUT2D eigenvalue weighted by atomic mass is 16.2. The highest BCUT2D eigenvalue weighted by Gasteiger charge is 2.48. The van der Waals surface area contributed by atoms with Crippen LogP contribution in [0.1, 0.15) is 23.6 Å². The molecule has 1 N–H and O–H groups in total. The van der Waals surface area contributed by atoms with Gasteiger partial charge in [0.15, 0.2) is 0 Å². The molecule has 0 bridgehead atoms. The van der Waals surface area contributed by atoms with E-state index in [4.69, 9.17) is 0 Å². The van der Waals surface area contributed by atoms with Crippen LogP contribution in [-0.2, 0) is 16.6 Å². The van der Waals surface area contributed by atoms with Crippen LogP contribution in [0.25, 0.3) is 11.1 Å². The van der Waals surface area contributed by atoms with Gasteiger partial charge < -0.3 is 5.32 Å². The second-order valence-electron chi connectivity index (χ2n) is 6.52. The lowest BCUT2D eigenvalue weighted by Crippen LogP contribution is -2.45. The van der Waals surface area contributed by atoms with Crippen molar-refractivity contribution in [1.82, 2.24) is 5.32 Å². The molecular weight excluding hydrogens is 306 g/mol. The van der Waals surface area contributed by atoms with Gasteiger partial charge in [-0.25, -0.2) is 0 Å². The number of hydrogen-bond donors (Lipinski definition) is 1. The maximum atomic E-state index is 13.4. The van der Waals surface area contributed by atoms with Crippen molar-refractivity contribution >= 4 is 5.91 Å². The monoisotopic (exact) mass is 327 g/mol. The van der Waals surface area contributed by atoms with E-state index in [0.717, 1.165) is 11.1 Å². The third-order valence-corrected chi connectivity index (χ3v) is 5.10. The lowest BCUT2D eigenvalue weighted by atomic mass is 9.72. The Balaban J connectivity index is 1.98. The molecule has 0 atom stereocenters. The number of fused-ring (bicyclic) bond motifs is 3. The van der Waals surface area contributed by atoms with E-state index in [9.17, 15) is 4.79 Å². The van der Waals surface area contributed by atoms with Crippen LogP contribution in [0.5, 0.6) is 0 Å². The van der Waals surface area contributed by atoms with E-state index in [1.807, 2.05) is 49.4 Å². The zero-order valence-electron chi connectivity index (χ0n) is 14.3. The first-order chi connectivity index (χ1) is 12.3. The van der Waals surface area contributed by atoms with Gasteiger partial charge in [-0.1, -0.05) is 78.9 Å². The number of rotatable bonds is 4. The smallest absolute Gasteiger partial charge is 0.235 e. The fourth-order valence-corrected chi connectivity index (χ4v) is 4.05. The number of benzene rings is 3. The lowest BCUT2D eigenvalue weighted by Gasteiger charge is -2.31. The Bertz CT molecular complexity index is 869. The number of carbonyl (C=O) groups is 1. The number of likely N-dealkylation sites (N-methyl/N-ethyl adjacent to an activating group) is 1. The third-order valence-electron chi connectivity index (χ3n) is 5.10. The summed E-state index contributed by atoms with van der Waals surface area (Å²) in [5, 5.41) is 3.09. The summed E-state index contributed by atoms with van der Waals surface area (Å²) in [6, 6.07) is 26.9. The maximum absolute atomic E-state index is 13.4. The summed E-state index contributed by atoms with van der Waals surface area (Å²) in [5.74, 6) is 0.0799. The average Bonchev–Trinajstić information content (AvgIpc) is 2.95. The predicted molar refractivity (Wildman–Crippen MR) is 101 cm³/mol. The normalized spacial score (nSPS) is 13.8. The van der Waals surface area contributed by atoms with Gasteiger partial charge in [-0.05, 0) is 41.2 Å². The van der Waals surface area contributed by atoms with Gasteiger partial charge in [0.05, 0.1) is 0 Å². The third kappa shape index (κ3) is 2.37. The Labute approximate surface area is 148 Å². The lowest BCUT2D eigenvalue weighted by molar-refractivity contribution is -0.125. The van der Waals surface area contributed by atoms with Gasteiger partial charge in [0.25, 0.3) is 0 Å². The van der Waals surface area contributed by atoms with E-state index in [2.05, 4.69) is 41.7 Å². The van der Waals surface area contributed by atoms with Gasteiger partial charge in [-0.3, -0.25) is 4.79 Å². The fraction of sp³-hybridized carbons (Fsp3) is 0.174. The molecule has 2 nitrogen and oxygen atoms in total. The molecule has 0 aliphatic heterocycles. The summed E-state index contributed by atoms with van der Waals surface area (Å²) in [7, 11) is 0. The second kappa shape index (κ2) is 6.21. The van der Waals surface area contributed by atoms with Crippen molar-refractivity contribution in [2.75, 3.05) is 6.54 Å². The largest absolute Gasteiger partial charge is 0.355 e. The van der Waals surface area contributed by atoms with Crippen LogP contribution in [0.2, 0.25) is 0 Å². The molecule has 1 aliphatic carbocycles. The van der Waals surface area contributed by atoms with Crippen molar-refractivity contribution < 1.29 is 4.79 Å². The topological polar surface area (TPSA) is 29.1 Å². The Morgan fingerprint density at radius 1 is 0.800 bits per heavy atom. The van der Waals surface area contributed by atoms with Crippen molar-refractivity contribution in [2.45, 2.75) is 18.8 Å². The number of hydrogen-bond acceptors (Lipinski definition) is 1. The summed E-state index contributed by atoms with van der Waals surface area (Å²) in [5.41, 5.74) is 5.03. The van der Waals surface area contributed by atoms with E-state index in [1.54, 1.807) is 0 Å². The second-order valence-corrected chi connectivity index (χ2v) is 6.52. The van der Waals surface area contributed by atoms with Crippen LogP contribution in [-0.4, -0.2) is 12.5 Å². The first kappa shape index (κ1) is 15.6. The molecule has 0 fully saturated rings. The first-order valence-corrected chi connectivity index (χ1v) is 8.79. The van der Waals surface area contributed by atoms with E-state index in [-0.39, 0.29) is 5.91 Å². The van der Waals surface area contributed by atoms with E-state index in [1.165, 1.54) is 16.7 Å². The first-order valence-electron chi connectivity index (χ1n) is 8.79. The molecule has 3 aromatic rings. The Hall–Kier alpha value is -2.87. The van der Waals surface area contributed by atoms with Crippen LogP contribution >= 0.6 is 0 Å². The number of nitrogens with one attached hydrogen (secondary N) is 1. The van der Waals surface area contributed by atoms with Crippen molar-refractivity contribution in [2.24, 2.45) is 0 Å². The molecule has 25 heavy (non-hydrogen) atoms. The van der Waals surface area contributed by atoms with Crippen LogP contribution in [0.15, 0.2) is 78.9 Å². The molecule has 124 valence electrons. The molecule has 4 rings (SSSR count). The minimum atomic E-state index is -0.676. The van der Waals surface area contributed by atoms with Gasteiger partial charge in [-0.15, -0.1) is 0 Å². The molecule has 0 radical (unpaired) electrons. The van der Waals surface area contributed by atoms with Crippen molar-refractivity contribution in [3.63, 3.8) is 0 Å². The van der Waals surface area contributed by atoms with E-state index < -0.39 is 5.41 Å². The van der Waals surface area contributed by atoms with Crippen LogP contribution in [0.4, 0.5) is 0 Å².